The normalized spacial score (nSPS) is 10.8. The Morgan fingerprint density at radius 3 is 2.90 bits per heavy atom. The Bertz CT molecular complexity index is 592. The summed E-state index contributed by atoms with van der Waals surface area (Å²) in [6.45, 7) is 2.84. The van der Waals surface area contributed by atoms with Crippen LogP contribution < -0.4 is 5.32 Å². The topological polar surface area (TPSA) is 74.0 Å². The quantitative estimate of drug-likeness (QED) is 0.869. The van der Waals surface area contributed by atoms with Crippen molar-refractivity contribution < 1.29 is 9.53 Å². The second kappa shape index (κ2) is 6.67. The first-order valence-electron chi connectivity index (χ1n) is 6.09. The number of rotatable bonds is 6. The molecule has 20 heavy (non-hydrogen) atoms. The SMILES string of the molecule is COCn1cc(NC(=O)CCn2ncc(Br)c2C)cn1. The predicted molar refractivity (Wildman–Crippen MR) is 77.1 cm³/mol. The molecular weight excluding hydrogens is 326 g/mol. The van der Waals surface area contributed by atoms with Crippen LogP contribution in [0.15, 0.2) is 23.1 Å². The van der Waals surface area contributed by atoms with Gasteiger partial charge < -0.3 is 10.1 Å². The standard InChI is InChI=1S/C12H16BrN5O2/c1-9-11(13)6-15-18(9)4-3-12(19)16-10-5-14-17(7-10)8-20-2/h5-7H,3-4,8H2,1-2H3,(H,16,19). The maximum atomic E-state index is 11.8. The molecule has 1 amide bonds. The van der Waals surface area contributed by atoms with Crippen LogP contribution in [0.2, 0.25) is 0 Å². The molecule has 0 spiro atoms. The van der Waals surface area contributed by atoms with Gasteiger partial charge >= 0.3 is 0 Å². The molecule has 0 atom stereocenters. The predicted octanol–water partition coefficient (Wildman–Crippen LogP) is 1.78. The Morgan fingerprint density at radius 2 is 2.25 bits per heavy atom. The van der Waals surface area contributed by atoms with Crippen LogP contribution in [-0.2, 0) is 22.8 Å². The van der Waals surface area contributed by atoms with Gasteiger partial charge in [0, 0.05) is 19.2 Å². The van der Waals surface area contributed by atoms with Crippen molar-refractivity contribution in [1.29, 1.82) is 0 Å². The van der Waals surface area contributed by atoms with Crippen LogP contribution in [0.1, 0.15) is 12.1 Å². The van der Waals surface area contributed by atoms with Crippen molar-refractivity contribution in [2.75, 3.05) is 12.4 Å². The summed E-state index contributed by atoms with van der Waals surface area (Å²) in [5.74, 6) is -0.0759. The molecule has 1 N–H and O–H groups in total. The summed E-state index contributed by atoms with van der Waals surface area (Å²) in [5.41, 5.74) is 1.66. The molecule has 8 heteroatoms. The minimum atomic E-state index is -0.0759. The van der Waals surface area contributed by atoms with Gasteiger partial charge in [0.2, 0.25) is 5.91 Å². The molecule has 108 valence electrons. The Hall–Kier alpha value is -1.67. The van der Waals surface area contributed by atoms with Crippen molar-refractivity contribution in [2.24, 2.45) is 0 Å². The van der Waals surface area contributed by atoms with Gasteiger partial charge in [-0.3, -0.25) is 9.48 Å². The van der Waals surface area contributed by atoms with Crippen LogP contribution >= 0.6 is 15.9 Å². The second-order valence-electron chi connectivity index (χ2n) is 4.29. The number of anilines is 1. The summed E-state index contributed by atoms with van der Waals surface area (Å²) in [7, 11) is 1.59. The number of nitrogens with one attached hydrogen (secondary N) is 1. The van der Waals surface area contributed by atoms with E-state index in [9.17, 15) is 4.79 Å². The fourth-order valence-corrected chi connectivity index (χ4v) is 2.01. The molecule has 0 aliphatic heterocycles. The molecule has 0 unspecified atom stereocenters. The third-order valence-electron chi connectivity index (χ3n) is 2.77. The van der Waals surface area contributed by atoms with Crippen molar-refractivity contribution in [1.82, 2.24) is 19.6 Å². The van der Waals surface area contributed by atoms with Gasteiger partial charge in [0.1, 0.15) is 6.73 Å². The number of carbonyl (C=O) groups excluding carboxylic acids is 1. The van der Waals surface area contributed by atoms with Crippen molar-refractivity contribution in [3.63, 3.8) is 0 Å². The van der Waals surface area contributed by atoms with Gasteiger partial charge in [-0.15, -0.1) is 0 Å². The third kappa shape index (κ3) is 3.67. The summed E-state index contributed by atoms with van der Waals surface area (Å²) < 4.78 is 9.27. The number of methoxy groups -OCH3 is 1. The van der Waals surface area contributed by atoms with E-state index in [4.69, 9.17) is 4.74 Å². The molecule has 0 fully saturated rings. The highest BCUT2D eigenvalue weighted by atomic mass is 79.9. The first kappa shape index (κ1) is 14.7. The fraction of sp³-hybridized carbons (Fsp3) is 0.417. The highest BCUT2D eigenvalue weighted by Gasteiger charge is 2.08. The van der Waals surface area contributed by atoms with Crippen molar-refractivity contribution >= 4 is 27.5 Å². The maximum absolute atomic E-state index is 11.8. The van der Waals surface area contributed by atoms with E-state index in [0.29, 0.717) is 25.4 Å². The van der Waals surface area contributed by atoms with Crippen molar-refractivity contribution in [2.45, 2.75) is 26.6 Å². The van der Waals surface area contributed by atoms with Crippen molar-refractivity contribution in [3.8, 4) is 0 Å². The van der Waals surface area contributed by atoms with Gasteiger partial charge in [-0.2, -0.15) is 10.2 Å². The van der Waals surface area contributed by atoms with E-state index in [1.54, 1.807) is 35.1 Å². The highest BCUT2D eigenvalue weighted by Crippen LogP contribution is 2.14. The molecule has 0 radical (unpaired) electrons. The molecule has 0 bridgehead atoms. The van der Waals surface area contributed by atoms with Crippen LogP contribution in [0.5, 0.6) is 0 Å². The van der Waals surface area contributed by atoms with E-state index < -0.39 is 0 Å². The molecule has 0 saturated heterocycles. The van der Waals surface area contributed by atoms with E-state index in [0.717, 1.165) is 10.2 Å². The van der Waals surface area contributed by atoms with Gasteiger partial charge in [0.15, 0.2) is 0 Å². The number of aromatic nitrogens is 4. The average molecular weight is 342 g/mol. The lowest BCUT2D eigenvalue weighted by atomic mass is 10.3. The molecule has 2 aromatic heterocycles. The number of aryl methyl sites for hydroxylation is 1. The Labute approximate surface area is 125 Å². The lowest BCUT2D eigenvalue weighted by Crippen LogP contribution is -2.15. The number of ether oxygens (including phenoxy) is 1. The fourth-order valence-electron chi connectivity index (χ4n) is 1.71. The number of amides is 1. The van der Waals surface area contributed by atoms with Crippen LogP contribution in [0, 0.1) is 6.92 Å². The molecule has 0 saturated carbocycles. The molecule has 0 aliphatic carbocycles. The summed E-state index contributed by atoms with van der Waals surface area (Å²) in [4.78, 5) is 11.8. The number of carbonyl (C=O) groups is 1. The molecule has 7 nitrogen and oxygen atoms in total. The highest BCUT2D eigenvalue weighted by molar-refractivity contribution is 9.10. The molecule has 2 rings (SSSR count). The van der Waals surface area contributed by atoms with Crippen LogP contribution in [0.4, 0.5) is 5.69 Å². The number of hydrogen-bond acceptors (Lipinski definition) is 4. The first-order chi connectivity index (χ1) is 9.60. The number of halogens is 1. The van der Waals surface area contributed by atoms with Crippen LogP contribution in [0.3, 0.4) is 0 Å². The zero-order valence-corrected chi connectivity index (χ0v) is 12.9. The van der Waals surface area contributed by atoms with Gasteiger partial charge in [-0.05, 0) is 22.9 Å². The molecule has 0 aliphatic rings. The molecule has 0 aromatic carbocycles. The summed E-state index contributed by atoms with van der Waals surface area (Å²) in [6, 6.07) is 0. The molecule has 2 aromatic rings. The minimum Gasteiger partial charge on any atom is -0.362 e. The number of hydrogen-bond donors (Lipinski definition) is 1. The number of nitrogens with zero attached hydrogens (tertiary/aromatic N) is 4. The smallest absolute Gasteiger partial charge is 0.226 e. The summed E-state index contributed by atoms with van der Waals surface area (Å²) >= 11 is 3.39. The van der Waals surface area contributed by atoms with E-state index in [-0.39, 0.29) is 5.91 Å². The Balaban J connectivity index is 1.84. The van der Waals surface area contributed by atoms with Gasteiger partial charge in [0.25, 0.3) is 0 Å². The van der Waals surface area contributed by atoms with E-state index in [1.165, 1.54) is 0 Å². The lowest BCUT2D eigenvalue weighted by Gasteiger charge is -2.05. The zero-order valence-electron chi connectivity index (χ0n) is 11.3. The summed E-state index contributed by atoms with van der Waals surface area (Å²) in [6.07, 6.45) is 5.39. The van der Waals surface area contributed by atoms with E-state index in [2.05, 4.69) is 31.4 Å². The van der Waals surface area contributed by atoms with E-state index >= 15 is 0 Å². The van der Waals surface area contributed by atoms with Gasteiger partial charge in [-0.25, -0.2) is 4.68 Å². The largest absolute Gasteiger partial charge is 0.362 e. The molecule has 2 heterocycles. The third-order valence-corrected chi connectivity index (χ3v) is 3.55. The first-order valence-corrected chi connectivity index (χ1v) is 6.88. The molecular formula is C12H16BrN5O2. The van der Waals surface area contributed by atoms with Crippen LogP contribution in [0.25, 0.3) is 0 Å². The zero-order chi connectivity index (χ0) is 14.5. The maximum Gasteiger partial charge on any atom is 0.226 e. The summed E-state index contributed by atoms with van der Waals surface area (Å²) in [5, 5.41) is 11.0. The lowest BCUT2D eigenvalue weighted by molar-refractivity contribution is -0.116. The van der Waals surface area contributed by atoms with E-state index in [1.807, 2.05) is 6.92 Å². The monoisotopic (exact) mass is 341 g/mol. The van der Waals surface area contributed by atoms with Crippen molar-refractivity contribution in [3.05, 3.63) is 28.8 Å². The average Bonchev–Trinajstić information content (AvgIpc) is 2.97. The minimum absolute atomic E-state index is 0.0759. The van der Waals surface area contributed by atoms with Gasteiger partial charge in [0.05, 0.1) is 35.3 Å². The second-order valence-corrected chi connectivity index (χ2v) is 5.14. The van der Waals surface area contributed by atoms with Crippen LogP contribution in [-0.4, -0.2) is 32.6 Å². The Kier molecular flexibility index (Phi) is 4.91. The van der Waals surface area contributed by atoms with Gasteiger partial charge in [-0.1, -0.05) is 0 Å². The Morgan fingerprint density at radius 1 is 1.45 bits per heavy atom.